The van der Waals surface area contributed by atoms with Crippen LogP contribution in [-0.2, 0) is 0 Å². The van der Waals surface area contributed by atoms with E-state index in [0.29, 0.717) is 11.6 Å². The number of aliphatic imine (C=N–C) groups is 1. The molecule has 3 heteroatoms. The molecule has 1 N–H and O–H groups in total. The molecule has 0 amide bonds. The highest BCUT2D eigenvalue weighted by Crippen LogP contribution is 2.38. The molecule has 0 radical (unpaired) electrons. The molecule has 0 aromatic rings. The minimum Gasteiger partial charge on any atom is -0.359 e. The topological polar surface area (TPSA) is 24.4 Å². The molecule has 2 saturated carbocycles. The fourth-order valence-corrected chi connectivity index (χ4v) is 4.64. The Bertz CT molecular complexity index is 294. The maximum atomic E-state index is 4.91. The van der Waals surface area contributed by atoms with Crippen molar-refractivity contribution in [1.82, 2.24) is 5.32 Å². The fourth-order valence-electron chi connectivity index (χ4n) is 3.36. The first-order valence-electron chi connectivity index (χ1n) is 6.75. The van der Waals surface area contributed by atoms with Gasteiger partial charge in [0.05, 0.1) is 6.04 Å². The first-order valence-corrected chi connectivity index (χ1v) is 7.73. The van der Waals surface area contributed by atoms with Crippen molar-refractivity contribution in [3.05, 3.63) is 0 Å². The summed E-state index contributed by atoms with van der Waals surface area (Å²) in [5.74, 6) is 2.15. The van der Waals surface area contributed by atoms with E-state index < -0.39 is 0 Å². The van der Waals surface area contributed by atoms with Crippen LogP contribution >= 0.6 is 11.8 Å². The monoisotopic (exact) mass is 238 g/mol. The lowest BCUT2D eigenvalue weighted by Gasteiger charge is -2.22. The van der Waals surface area contributed by atoms with Gasteiger partial charge in [0.2, 0.25) is 0 Å². The van der Waals surface area contributed by atoms with E-state index in [0.717, 1.165) is 5.92 Å². The second-order valence-corrected chi connectivity index (χ2v) is 6.87. The largest absolute Gasteiger partial charge is 0.359 e. The zero-order valence-corrected chi connectivity index (χ0v) is 11.0. The van der Waals surface area contributed by atoms with Crippen LogP contribution in [0.3, 0.4) is 0 Å². The summed E-state index contributed by atoms with van der Waals surface area (Å²) in [6.45, 7) is 2.36. The summed E-state index contributed by atoms with van der Waals surface area (Å²) in [5.41, 5.74) is 0.438. The molecule has 1 spiro atoms. The molecule has 0 aromatic heterocycles. The van der Waals surface area contributed by atoms with Gasteiger partial charge in [0, 0.05) is 11.3 Å². The second-order valence-electron chi connectivity index (χ2n) is 5.91. The van der Waals surface area contributed by atoms with Gasteiger partial charge in [-0.2, -0.15) is 0 Å². The highest BCUT2D eigenvalue weighted by atomic mass is 32.2. The predicted octanol–water partition coefficient (Wildman–Crippen LogP) is 3.18. The first kappa shape index (κ1) is 10.9. The molecule has 0 bridgehead atoms. The molecule has 1 heterocycles. The zero-order valence-electron chi connectivity index (χ0n) is 10.2. The minimum atomic E-state index is 0.438. The number of thioether (sulfide) groups is 1. The van der Waals surface area contributed by atoms with E-state index in [-0.39, 0.29) is 0 Å². The lowest BCUT2D eigenvalue weighted by molar-refractivity contribution is 0.451. The Hall–Kier alpha value is -0.180. The van der Waals surface area contributed by atoms with Crippen molar-refractivity contribution in [3.63, 3.8) is 0 Å². The maximum absolute atomic E-state index is 4.91. The van der Waals surface area contributed by atoms with Crippen molar-refractivity contribution in [1.29, 1.82) is 0 Å². The number of hydrogen-bond donors (Lipinski definition) is 1. The highest BCUT2D eigenvalue weighted by Gasteiger charge is 2.39. The summed E-state index contributed by atoms with van der Waals surface area (Å²) in [6.07, 6.45) is 9.51. The quantitative estimate of drug-likeness (QED) is 0.759. The first-order chi connectivity index (χ1) is 7.76. The van der Waals surface area contributed by atoms with Gasteiger partial charge in [-0.15, -0.1) is 0 Å². The summed E-state index contributed by atoms with van der Waals surface area (Å²) in [6, 6.07) is 0.613. The van der Waals surface area contributed by atoms with Gasteiger partial charge in [-0.05, 0) is 38.0 Å². The summed E-state index contributed by atoms with van der Waals surface area (Å²) < 4.78 is 0. The molecular weight excluding hydrogens is 216 g/mol. The van der Waals surface area contributed by atoms with Crippen molar-refractivity contribution in [2.75, 3.05) is 5.75 Å². The second kappa shape index (κ2) is 4.25. The van der Waals surface area contributed by atoms with Crippen molar-refractivity contribution < 1.29 is 0 Å². The summed E-state index contributed by atoms with van der Waals surface area (Å²) >= 11 is 1.97. The molecule has 1 aliphatic heterocycles. The minimum absolute atomic E-state index is 0.438. The lowest BCUT2D eigenvalue weighted by Crippen LogP contribution is -2.40. The Balaban J connectivity index is 1.62. The van der Waals surface area contributed by atoms with Crippen molar-refractivity contribution in [3.8, 4) is 0 Å². The van der Waals surface area contributed by atoms with Crippen LogP contribution in [0.4, 0.5) is 0 Å². The summed E-state index contributed by atoms with van der Waals surface area (Å²) in [5, 5.41) is 4.97. The van der Waals surface area contributed by atoms with Gasteiger partial charge in [-0.1, -0.05) is 31.5 Å². The van der Waals surface area contributed by atoms with Crippen LogP contribution in [0.2, 0.25) is 0 Å². The van der Waals surface area contributed by atoms with E-state index in [4.69, 9.17) is 4.99 Å². The van der Waals surface area contributed by atoms with Crippen LogP contribution in [0.1, 0.15) is 51.9 Å². The molecule has 2 nitrogen and oxygen atoms in total. The van der Waals surface area contributed by atoms with E-state index in [1.165, 1.54) is 55.9 Å². The number of rotatable bonds is 1. The molecule has 3 fully saturated rings. The van der Waals surface area contributed by atoms with Gasteiger partial charge in [0.15, 0.2) is 5.17 Å². The fraction of sp³-hybridized carbons (Fsp3) is 0.923. The van der Waals surface area contributed by atoms with Gasteiger partial charge < -0.3 is 5.32 Å². The Morgan fingerprint density at radius 2 is 2.12 bits per heavy atom. The van der Waals surface area contributed by atoms with Crippen molar-refractivity contribution in [2.45, 2.75) is 63.5 Å². The Labute approximate surface area is 103 Å². The van der Waals surface area contributed by atoms with Gasteiger partial charge in [0.1, 0.15) is 0 Å². The molecule has 1 saturated heterocycles. The predicted molar refractivity (Wildman–Crippen MR) is 71.0 cm³/mol. The number of hydrogen-bond acceptors (Lipinski definition) is 2. The standard InChI is InChI=1S/C13H22N2S/c1-10-4-5-11(8-10)14-12-15-13(9-16-12)6-2-3-7-13/h10-11H,2-9H2,1H3,(H,14,15). The van der Waals surface area contributed by atoms with E-state index in [9.17, 15) is 0 Å². The molecule has 2 unspecified atom stereocenters. The van der Waals surface area contributed by atoms with E-state index in [1.807, 2.05) is 11.8 Å². The number of nitrogens with zero attached hydrogens (tertiary/aromatic N) is 1. The average molecular weight is 238 g/mol. The third-order valence-corrected chi connectivity index (χ3v) is 5.56. The van der Waals surface area contributed by atoms with E-state index in [1.54, 1.807) is 0 Å². The number of amidine groups is 1. The molecule has 0 aromatic carbocycles. The molecule has 2 aliphatic carbocycles. The normalized spacial score (nSPS) is 39.7. The molecule has 3 aliphatic rings. The van der Waals surface area contributed by atoms with E-state index in [2.05, 4.69) is 12.2 Å². The van der Waals surface area contributed by atoms with Gasteiger partial charge in [0.25, 0.3) is 0 Å². The van der Waals surface area contributed by atoms with Crippen molar-refractivity contribution in [2.24, 2.45) is 10.9 Å². The summed E-state index contributed by atoms with van der Waals surface area (Å²) in [7, 11) is 0. The molecule has 90 valence electrons. The average Bonchev–Trinajstić information content (AvgIpc) is 2.94. The van der Waals surface area contributed by atoms with Crippen LogP contribution in [-0.4, -0.2) is 22.5 Å². The van der Waals surface area contributed by atoms with Gasteiger partial charge >= 0.3 is 0 Å². The molecule has 2 atom stereocenters. The highest BCUT2D eigenvalue weighted by molar-refractivity contribution is 8.14. The third-order valence-electron chi connectivity index (χ3n) is 4.38. The molecular formula is C13H22N2S. The molecule has 16 heavy (non-hydrogen) atoms. The van der Waals surface area contributed by atoms with Crippen LogP contribution in [0.5, 0.6) is 0 Å². The Morgan fingerprint density at radius 1 is 1.31 bits per heavy atom. The molecule has 3 rings (SSSR count). The van der Waals surface area contributed by atoms with Crippen LogP contribution in [0.15, 0.2) is 4.99 Å². The van der Waals surface area contributed by atoms with Crippen LogP contribution < -0.4 is 5.32 Å². The van der Waals surface area contributed by atoms with E-state index >= 15 is 0 Å². The van der Waals surface area contributed by atoms with Gasteiger partial charge in [-0.3, -0.25) is 4.99 Å². The maximum Gasteiger partial charge on any atom is 0.157 e. The Morgan fingerprint density at radius 3 is 2.81 bits per heavy atom. The number of nitrogens with one attached hydrogen (secondary N) is 1. The Kier molecular flexibility index (Phi) is 2.90. The smallest absolute Gasteiger partial charge is 0.157 e. The van der Waals surface area contributed by atoms with Crippen molar-refractivity contribution >= 4 is 16.9 Å². The van der Waals surface area contributed by atoms with Gasteiger partial charge in [-0.25, -0.2) is 0 Å². The van der Waals surface area contributed by atoms with Crippen LogP contribution in [0.25, 0.3) is 0 Å². The zero-order chi connectivity index (χ0) is 11.0. The third kappa shape index (κ3) is 2.11. The SMILES string of the molecule is CC1CCC(N=C2NC3(CCCC3)CS2)C1. The summed E-state index contributed by atoms with van der Waals surface area (Å²) in [4.78, 5) is 4.91. The lowest BCUT2D eigenvalue weighted by atomic mass is 10.0. The van der Waals surface area contributed by atoms with Crippen LogP contribution in [0, 0.1) is 5.92 Å².